The molecule has 130 valence electrons. The molecule has 3 nitrogen and oxygen atoms in total. The number of nitrogens with zero attached hydrogens (tertiary/aromatic N) is 1. The van der Waals surface area contributed by atoms with Crippen LogP contribution in [0.1, 0.15) is 32.8 Å². The van der Waals surface area contributed by atoms with Crippen LogP contribution in [0.15, 0.2) is 18.2 Å². The van der Waals surface area contributed by atoms with E-state index in [0.717, 1.165) is 32.6 Å². The molecular formula is C18H31FN2OSi. The smallest absolute Gasteiger partial charge is 0.192 e. The molecule has 1 aromatic carbocycles. The molecule has 5 heteroatoms. The van der Waals surface area contributed by atoms with E-state index in [-0.39, 0.29) is 10.9 Å². The molecule has 0 amide bonds. The van der Waals surface area contributed by atoms with Crippen LogP contribution >= 0.6 is 0 Å². The largest absolute Gasteiger partial charge is 0.412 e. The predicted molar refractivity (Wildman–Crippen MR) is 98.1 cm³/mol. The van der Waals surface area contributed by atoms with Crippen LogP contribution in [0, 0.1) is 5.82 Å². The maximum absolute atomic E-state index is 14.9. The minimum absolute atomic E-state index is 0.117. The van der Waals surface area contributed by atoms with Crippen LogP contribution in [0.3, 0.4) is 0 Å². The van der Waals surface area contributed by atoms with Gasteiger partial charge in [-0.05, 0) is 37.2 Å². The second-order valence-corrected chi connectivity index (χ2v) is 12.7. The highest BCUT2D eigenvalue weighted by atomic mass is 28.4. The maximum Gasteiger partial charge on any atom is 0.192 e. The van der Waals surface area contributed by atoms with Crippen LogP contribution < -0.4 is 10.2 Å². The summed E-state index contributed by atoms with van der Waals surface area (Å²) >= 11 is 0. The van der Waals surface area contributed by atoms with Crippen LogP contribution in [0.2, 0.25) is 18.1 Å². The highest BCUT2D eigenvalue weighted by Crippen LogP contribution is 2.37. The molecule has 23 heavy (non-hydrogen) atoms. The van der Waals surface area contributed by atoms with Crippen molar-refractivity contribution < 1.29 is 8.82 Å². The van der Waals surface area contributed by atoms with Crippen molar-refractivity contribution in [1.82, 2.24) is 5.32 Å². The van der Waals surface area contributed by atoms with Crippen molar-refractivity contribution in [2.24, 2.45) is 0 Å². The Hall–Kier alpha value is -0.913. The van der Waals surface area contributed by atoms with Gasteiger partial charge in [0.2, 0.25) is 0 Å². The van der Waals surface area contributed by atoms with E-state index in [2.05, 4.69) is 44.1 Å². The molecule has 0 unspecified atom stereocenters. The van der Waals surface area contributed by atoms with Crippen LogP contribution in [0.5, 0.6) is 0 Å². The Morgan fingerprint density at radius 1 is 1.22 bits per heavy atom. The molecule has 0 aromatic heterocycles. The van der Waals surface area contributed by atoms with Crippen LogP contribution in [-0.4, -0.2) is 34.5 Å². The zero-order valence-electron chi connectivity index (χ0n) is 15.2. The number of hydrogen-bond acceptors (Lipinski definition) is 3. The van der Waals surface area contributed by atoms with Gasteiger partial charge in [0.15, 0.2) is 14.1 Å². The summed E-state index contributed by atoms with van der Waals surface area (Å²) in [5.41, 5.74) is 1.38. The predicted octanol–water partition coefficient (Wildman–Crippen LogP) is 4.15. The van der Waals surface area contributed by atoms with Gasteiger partial charge in [-0.3, -0.25) is 0 Å². The van der Waals surface area contributed by atoms with Gasteiger partial charge in [0.05, 0.1) is 12.3 Å². The molecule has 1 aliphatic rings. The summed E-state index contributed by atoms with van der Waals surface area (Å²) in [5, 5.41) is 3.50. The third-order valence-corrected chi connectivity index (χ3v) is 9.61. The van der Waals surface area contributed by atoms with E-state index in [4.69, 9.17) is 4.43 Å². The first-order valence-electron chi connectivity index (χ1n) is 8.59. The standard InChI is InChI=1S/C18H31FN2OSi/c1-18(2,3)23(4,5)22-14-15-8-6-9-16(17(15)19)21-12-7-10-20-11-13-21/h6,8-9,20H,7,10-14H2,1-5H3. The number of nitrogens with one attached hydrogen (secondary N) is 1. The average molecular weight is 339 g/mol. The molecule has 1 aliphatic heterocycles. The molecule has 1 saturated heterocycles. The fourth-order valence-corrected chi connectivity index (χ4v) is 3.43. The molecule has 0 radical (unpaired) electrons. The second kappa shape index (κ2) is 7.32. The van der Waals surface area contributed by atoms with Gasteiger partial charge in [0.1, 0.15) is 0 Å². The van der Waals surface area contributed by atoms with Crippen molar-refractivity contribution in [3.05, 3.63) is 29.6 Å². The molecule has 0 aliphatic carbocycles. The summed E-state index contributed by atoms with van der Waals surface area (Å²) in [6.07, 6.45) is 1.05. The molecule has 0 saturated carbocycles. The van der Waals surface area contributed by atoms with Crippen molar-refractivity contribution in [3.8, 4) is 0 Å². The molecule has 1 heterocycles. The topological polar surface area (TPSA) is 24.5 Å². The molecule has 0 bridgehead atoms. The van der Waals surface area contributed by atoms with Gasteiger partial charge in [-0.15, -0.1) is 0 Å². The lowest BCUT2D eigenvalue weighted by atomic mass is 10.1. The molecule has 1 N–H and O–H groups in total. The van der Waals surface area contributed by atoms with Crippen molar-refractivity contribution in [2.75, 3.05) is 31.1 Å². The first kappa shape index (κ1) is 18.4. The fraction of sp³-hybridized carbons (Fsp3) is 0.667. The number of hydrogen-bond donors (Lipinski definition) is 1. The molecule has 1 fully saturated rings. The summed E-state index contributed by atoms with van der Waals surface area (Å²) in [6, 6.07) is 5.68. The quantitative estimate of drug-likeness (QED) is 0.835. The molecule has 2 rings (SSSR count). The first-order chi connectivity index (χ1) is 10.7. The van der Waals surface area contributed by atoms with Gasteiger partial charge < -0.3 is 14.6 Å². The van der Waals surface area contributed by atoms with E-state index < -0.39 is 8.32 Å². The summed E-state index contributed by atoms with van der Waals surface area (Å²) in [4.78, 5) is 2.14. The minimum atomic E-state index is -1.87. The number of rotatable bonds is 4. The van der Waals surface area contributed by atoms with Gasteiger partial charge in [0.25, 0.3) is 0 Å². The first-order valence-corrected chi connectivity index (χ1v) is 11.5. The Morgan fingerprint density at radius 2 is 1.96 bits per heavy atom. The Morgan fingerprint density at radius 3 is 2.65 bits per heavy atom. The lowest BCUT2D eigenvalue weighted by Gasteiger charge is -2.36. The molecular weight excluding hydrogens is 307 g/mol. The second-order valence-electron chi connectivity index (χ2n) is 7.89. The van der Waals surface area contributed by atoms with E-state index in [9.17, 15) is 4.39 Å². The van der Waals surface area contributed by atoms with Crippen LogP contribution in [0.25, 0.3) is 0 Å². The van der Waals surface area contributed by atoms with E-state index in [0.29, 0.717) is 17.9 Å². The van der Waals surface area contributed by atoms with Gasteiger partial charge in [-0.25, -0.2) is 4.39 Å². The SMILES string of the molecule is CC(C)(C)[Si](C)(C)OCc1cccc(N2CCCNCC2)c1F. The number of benzene rings is 1. The Bertz CT molecular complexity index is 520. The summed E-state index contributed by atoms with van der Waals surface area (Å²) in [5.74, 6) is -0.117. The van der Waals surface area contributed by atoms with E-state index in [1.165, 1.54) is 0 Å². The summed E-state index contributed by atoms with van der Waals surface area (Å²) in [7, 11) is -1.87. The van der Waals surface area contributed by atoms with E-state index in [1.807, 2.05) is 18.2 Å². The Kier molecular flexibility index (Phi) is 5.87. The highest BCUT2D eigenvalue weighted by molar-refractivity contribution is 6.74. The molecule has 0 spiro atoms. The van der Waals surface area contributed by atoms with Crippen LogP contribution in [-0.2, 0) is 11.0 Å². The van der Waals surface area contributed by atoms with Gasteiger partial charge in [0, 0.05) is 25.2 Å². The number of anilines is 1. The Labute approximate surface area is 141 Å². The monoisotopic (exact) mass is 338 g/mol. The fourth-order valence-electron chi connectivity index (χ4n) is 2.48. The van der Waals surface area contributed by atoms with Gasteiger partial charge >= 0.3 is 0 Å². The van der Waals surface area contributed by atoms with Crippen molar-refractivity contribution in [2.45, 2.75) is 51.9 Å². The normalized spacial score (nSPS) is 17.2. The average Bonchev–Trinajstić information content (AvgIpc) is 2.74. The number of halogens is 1. The minimum Gasteiger partial charge on any atom is -0.412 e. The summed E-state index contributed by atoms with van der Waals surface area (Å²) in [6.45, 7) is 15.0. The van der Waals surface area contributed by atoms with Crippen LogP contribution in [0.4, 0.5) is 10.1 Å². The maximum atomic E-state index is 14.9. The molecule has 1 aromatic rings. The van der Waals surface area contributed by atoms with Gasteiger partial charge in [-0.2, -0.15) is 0 Å². The molecule has 0 atom stereocenters. The highest BCUT2D eigenvalue weighted by Gasteiger charge is 2.37. The van der Waals surface area contributed by atoms with Crippen molar-refractivity contribution in [3.63, 3.8) is 0 Å². The lowest BCUT2D eigenvalue weighted by molar-refractivity contribution is 0.271. The zero-order chi connectivity index (χ0) is 17.1. The Balaban J connectivity index is 2.13. The van der Waals surface area contributed by atoms with E-state index in [1.54, 1.807) is 0 Å². The van der Waals surface area contributed by atoms with Crippen molar-refractivity contribution >= 4 is 14.0 Å². The zero-order valence-corrected chi connectivity index (χ0v) is 16.2. The van der Waals surface area contributed by atoms with E-state index >= 15 is 0 Å². The van der Waals surface area contributed by atoms with Crippen molar-refractivity contribution in [1.29, 1.82) is 0 Å². The third kappa shape index (κ3) is 4.55. The lowest BCUT2D eigenvalue weighted by Crippen LogP contribution is -2.40. The third-order valence-electron chi connectivity index (χ3n) is 5.13. The summed E-state index contributed by atoms with van der Waals surface area (Å²) < 4.78 is 21.1. The van der Waals surface area contributed by atoms with Gasteiger partial charge in [-0.1, -0.05) is 32.9 Å².